The third-order valence-corrected chi connectivity index (χ3v) is 2.17. The number of carbonyl (C=O) groups excluding carboxylic acids is 1. The maximum absolute atomic E-state index is 11.3. The largest absolute Gasteiger partial charge is 0.370 e. The van der Waals surface area contributed by atoms with Crippen molar-refractivity contribution in [2.45, 2.75) is 26.3 Å². The van der Waals surface area contributed by atoms with E-state index in [0.29, 0.717) is 6.42 Å². The summed E-state index contributed by atoms with van der Waals surface area (Å²) in [5.74, 6) is -1.36. The topological polar surface area (TPSA) is 128 Å². The number of hydrogen-bond acceptors (Lipinski definition) is 4. The zero-order valence-corrected chi connectivity index (χ0v) is 9.36. The molecule has 0 aromatic heterocycles. The van der Waals surface area contributed by atoms with Crippen LogP contribution in [0.15, 0.2) is 4.99 Å². The summed E-state index contributed by atoms with van der Waals surface area (Å²) in [5, 5.41) is 0. The molecule has 0 spiro atoms. The summed E-state index contributed by atoms with van der Waals surface area (Å²) in [6.45, 7) is 3.57. The van der Waals surface area contributed by atoms with Crippen LogP contribution in [0.2, 0.25) is 0 Å². The molecule has 3 atom stereocenters. The van der Waals surface area contributed by atoms with Gasteiger partial charge >= 0.3 is 17.3 Å². The first-order valence-corrected chi connectivity index (χ1v) is 5.33. The highest BCUT2D eigenvalue weighted by Gasteiger charge is 2.26. The lowest BCUT2D eigenvalue weighted by molar-refractivity contribution is -0.136. The van der Waals surface area contributed by atoms with Crippen molar-refractivity contribution < 1.29 is 17.7 Å². The fourth-order valence-corrected chi connectivity index (χ4v) is 1.15. The van der Waals surface area contributed by atoms with Crippen LogP contribution in [0.4, 0.5) is 0 Å². The molecule has 0 rings (SSSR count). The van der Waals surface area contributed by atoms with Crippen molar-refractivity contribution in [1.82, 2.24) is 0 Å². The minimum atomic E-state index is -2.65. The zero-order chi connectivity index (χ0) is 12.0. The monoisotopic (exact) mass is 237 g/mol. The normalized spacial score (nSPS) is 16.2. The van der Waals surface area contributed by atoms with Gasteiger partial charge in [-0.1, -0.05) is 20.3 Å². The third-order valence-electron chi connectivity index (χ3n) is 1.87. The zero-order valence-electron chi connectivity index (χ0n) is 8.54. The summed E-state index contributed by atoms with van der Waals surface area (Å²) < 4.78 is 22.8. The van der Waals surface area contributed by atoms with Gasteiger partial charge in [0.1, 0.15) is 0 Å². The van der Waals surface area contributed by atoms with Crippen molar-refractivity contribution in [2.24, 2.45) is 22.4 Å². The molecular weight excluding hydrogens is 222 g/mol. The molecular formula is C7H15N3O4S. The van der Waals surface area contributed by atoms with E-state index < -0.39 is 23.4 Å². The van der Waals surface area contributed by atoms with Gasteiger partial charge in [0.15, 0.2) is 12.0 Å². The lowest BCUT2D eigenvalue weighted by Crippen LogP contribution is -2.34. The first kappa shape index (κ1) is 13.8. The van der Waals surface area contributed by atoms with E-state index in [1.54, 1.807) is 6.92 Å². The number of nitrogens with two attached hydrogens (primary N) is 2. The van der Waals surface area contributed by atoms with Gasteiger partial charge in [-0.2, -0.15) is 4.21 Å². The van der Waals surface area contributed by atoms with Crippen LogP contribution >= 0.6 is 0 Å². The van der Waals surface area contributed by atoms with E-state index in [0.717, 1.165) is 0 Å². The highest BCUT2D eigenvalue weighted by Crippen LogP contribution is 2.13. The molecule has 0 saturated heterocycles. The van der Waals surface area contributed by atoms with E-state index in [1.807, 2.05) is 6.92 Å². The summed E-state index contributed by atoms with van der Waals surface area (Å²) in [7, 11) is 0. The van der Waals surface area contributed by atoms with Crippen molar-refractivity contribution in [3.8, 4) is 0 Å². The third kappa shape index (κ3) is 5.33. The molecule has 5 N–H and O–H groups in total. The number of hydrogen-bond donors (Lipinski definition) is 3. The van der Waals surface area contributed by atoms with Gasteiger partial charge in [-0.05, 0) is 5.92 Å². The van der Waals surface area contributed by atoms with E-state index in [9.17, 15) is 9.00 Å². The van der Waals surface area contributed by atoms with Crippen LogP contribution in [-0.2, 0) is 20.3 Å². The number of carbonyl (C=O) groups is 1. The fourth-order valence-electron chi connectivity index (χ4n) is 0.916. The first-order valence-electron chi connectivity index (χ1n) is 4.30. The molecule has 0 aromatic rings. The van der Waals surface area contributed by atoms with Crippen molar-refractivity contribution in [3.63, 3.8) is 0 Å². The van der Waals surface area contributed by atoms with E-state index in [-0.39, 0.29) is 11.9 Å². The second-order valence-corrected chi connectivity index (χ2v) is 3.60. The van der Waals surface area contributed by atoms with Crippen LogP contribution in [0.3, 0.4) is 0 Å². The number of nitrogens with zero attached hydrogens (tertiary/aromatic N) is 1. The molecule has 0 aliphatic rings. The molecule has 0 aliphatic carbocycles. The number of rotatable bonds is 5. The Balaban J connectivity index is 4.70. The lowest BCUT2D eigenvalue weighted by atomic mass is 10.0. The Morgan fingerprint density at radius 1 is 1.60 bits per heavy atom. The van der Waals surface area contributed by atoms with E-state index in [4.69, 9.17) is 16.0 Å². The number of guanidine groups is 1. The molecule has 88 valence electrons. The first-order chi connectivity index (χ1) is 6.88. The average molecular weight is 237 g/mol. The van der Waals surface area contributed by atoms with E-state index >= 15 is 0 Å². The summed E-state index contributed by atoms with van der Waals surface area (Å²) in [6, 6.07) is -0.948. The smallest absolute Gasteiger partial charge is 0.360 e. The summed E-state index contributed by atoms with van der Waals surface area (Å²) in [5.41, 5.74) is 10.3. The molecule has 15 heavy (non-hydrogen) atoms. The van der Waals surface area contributed by atoms with Crippen LogP contribution in [0.5, 0.6) is 0 Å². The Kier molecular flexibility index (Phi) is 5.87. The van der Waals surface area contributed by atoms with Gasteiger partial charge in [0.2, 0.25) is 0 Å². The van der Waals surface area contributed by atoms with Crippen molar-refractivity contribution in [3.05, 3.63) is 0 Å². The second-order valence-electron chi connectivity index (χ2n) is 3.00. The van der Waals surface area contributed by atoms with E-state index in [2.05, 4.69) is 9.18 Å². The molecule has 0 fully saturated rings. The molecule has 0 radical (unpaired) electrons. The molecule has 3 unspecified atom stereocenters. The maximum Gasteiger partial charge on any atom is 0.360 e. The van der Waals surface area contributed by atoms with Gasteiger partial charge in [0, 0.05) is 0 Å². The SMILES string of the molecule is CCC(C)C(N=C(N)N)C(=O)OS(=O)O. The van der Waals surface area contributed by atoms with Crippen molar-refractivity contribution in [2.75, 3.05) is 0 Å². The Bertz CT molecular complexity index is 277. The van der Waals surface area contributed by atoms with Gasteiger partial charge in [-0.3, -0.25) is 4.55 Å². The Labute approximate surface area is 90.4 Å². The predicted molar refractivity (Wildman–Crippen MR) is 55.9 cm³/mol. The maximum atomic E-state index is 11.3. The molecule has 7 nitrogen and oxygen atoms in total. The second kappa shape index (κ2) is 6.36. The minimum absolute atomic E-state index is 0.178. The summed E-state index contributed by atoms with van der Waals surface area (Å²) in [4.78, 5) is 14.9. The summed E-state index contributed by atoms with van der Waals surface area (Å²) >= 11 is -2.65. The molecule has 0 saturated carbocycles. The molecule has 0 heterocycles. The van der Waals surface area contributed by atoms with E-state index in [1.165, 1.54) is 0 Å². The van der Waals surface area contributed by atoms with Crippen molar-refractivity contribution in [1.29, 1.82) is 0 Å². The van der Waals surface area contributed by atoms with Crippen molar-refractivity contribution >= 4 is 23.3 Å². The van der Waals surface area contributed by atoms with Gasteiger partial charge in [-0.25, -0.2) is 9.79 Å². The van der Waals surface area contributed by atoms with Gasteiger partial charge < -0.3 is 15.7 Å². The van der Waals surface area contributed by atoms with Crippen LogP contribution in [0.1, 0.15) is 20.3 Å². The number of aliphatic imine (C=N–C) groups is 1. The fraction of sp³-hybridized carbons (Fsp3) is 0.714. The average Bonchev–Trinajstić information content (AvgIpc) is 2.11. The van der Waals surface area contributed by atoms with Crippen LogP contribution in [-0.4, -0.2) is 26.7 Å². The van der Waals surface area contributed by atoms with Gasteiger partial charge in [-0.15, -0.1) is 0 Å². The Morgan fingerprint density at radius 2 is 2.13 bits per heavy atom. The predicted octanol–water partition coefficient (Wildman–Crippen LogP) is -0.646. The Hall–Kier alpha value is -1.15. The highest BCUT2D eigenvalue weighted by molar-refractivity contribution is 7.74. The summed E-state index contributed by atoms with van der Waals surface area (Å²) in [6.07, 6.45) is 0.634. The molecule has 0 bridgehead atoms. The standard InChI is InChI=1S/C7H15N3O4S/c1-3-4(2)5(10-7(8)9)6(11)14-15(12)13/h4-5H,3H2,1-2H3,(H,12,13)(H4,8,9,10). The lowest BCUT2D eigenvalue weighted by Gasteiger charge is -2.15. The molecule has 0 aliphatic heterocycles. The molecule has 0 aromatic carbocycles. The van der Waals surface area contributed by atoms with Gasteiger partial charge in [0.05, 0.1) is 0 Å². The molecule has 0 amide bonds. The highest BCUT2D eigenvalue weighted by atomic mass is 32.2. The molecule has 8 heteroatoms. The van der Waals surface area contributed by atoms with Gasteiger partial charge in [0.25, 0.3) is 0 Å². The quantitative estimate of drug-likeness (QED) is 0.331. The minimum Gasteiger partial charge on any atom is -0.370 e. The van der Waals surface area contributed by atoms with Crippen LogP contribution in [0, 0.1) is 5.92 Å². The van der Waals surface area contributed by atoms with Crippen LogP contribution < -0.4 is 11.5 Å². The Morgan fingerprint density at radius 3 is 2.47 bits per heavy atom. The van der Waals surface area contributed by atoms with Crippen LogP contribution in [0.25, 0.3) is 0 Å².